The number of allylic oxidation sites excluding steroid dienone is 2. The number of hydrogen-bond donors (Lipinski definition) is 1. The number of nitrogens with zero attached hydrogens (tertiary/aromatic N) is 3. The summed E-state index contributed by atoms with van der Waals surface area (Å²) in [4.78, 5) is 7.09. The molecule has 2 aliphatic rings. The quantitative estimate of drug-likeness (QED) is 0.724. The van der Waals surface area contributed by atoms with Crippen molar-refractivity contribution < 1.29 is 0 Å². The van der Waals surface area contributed by atoms with Crippen molar-refractivity contribution in [3.05, 3.63) is 36.0 Å². The molecule has 0 bridgehead atoms. The maximum Gasteiger partial charge on any atom is 0.126 e. The SMILES string of the molecule is Cc1ccc(NC2CCN(CCC3(CCC#N)CC=CCC3)CC2)nc1. The van der Waals surface area contributed by atoms with E-state index >= 15 is 0 Å². The lowest BCUT2D eigenvalue weighted by Gasteiger charge is -2.38. The molecule has 0 spiro atoms. The largest absolute Gasteiger partial charge is 0.367 e. The number of aromatic nitrogens is 1. The van der Waals surface area contributed by atoms with Crippen LogP contribution in [0.2, 0.25) is 0 Å². The highest BCUT2D eigenvalue weighted by molar-refractivity contribution is 5.36. The number of likely N-dealkylation sites (tertiary alicyclic amines) is 1. The molecule has 1 atom stereocenters. The fourth-order valence-electron chi connectivity index (χ4n) is 4.30. The average Bonchev–Trinajstić information content (AvgIpc) is 2.69. The molecule has 0 aromatic carbocycles. The molecule has 1 aromatic rings. The third-order valence-electron chi connectivity index (χ3n) is 6.14. The van der Waals surface area contributed by atoms with Gasteiger partial charge in [-0.05, 0) is 75.5 Å². The summed E-state index contributed by atoms with van der Waals surface area (Å²) in [6.07, 6.45) is 15.5. The molecule has 2 heterocycles. The molecule has 1 aromatic heterocycles. The Balaban J connectivity index is 1.43. The summed E-state index contributed by atoms with van der Waals surface area (Å²) >= 11 is 0. The fourth-order valence-corrected chi connectivity index (χ4v) is 4.30. The van der Waals surface area contributed by atoms with Gasteiger partial charge in [0.1, 0.15) is 5.82 Å². The number of pyridine rings is 1. The van der Waals surface area contributed by atoms with Gasteiger partial charge in [0.2, 0.25) is 0 Å². The van der Waals surface area contributed by atoms with Crippen LogP contribution in [0.4, 0.5) is 5.82 Å². The minimum absolute atomic E-state index is 0.366. The predicted octanol–water partition coefficient (Wildman–Crippen LogP) is 4.69. The number of aryl methyl sites for hydroxylation is 1. The summed E-state index contributed by atoms with van der Waals surface area (Å²) in [5.41, 5.74) is 1.57. The zero-order valence-corrected chi connectivity index (χ0v) is 16.1. The number of hydrogen-bond acceptors (Lipinski definition) is 4. The van der Waals surface area contributed by atoms with Crippen LogP contribution in [0.3, 0.4) is 0 Å². The summed E-state index contributed by atoms with van der Waals surface area (Å²) in [6, 6.07) is 7.09. The molecular formula is C22H32N4. The van der Waals surface area contributed by atoms with E-state index in [1.807, 2.05) is 6.20 Å². The van der Waals surface area contributed by atoms with E-state index in [9.17, 15) is 0 Å². The molecular weight excluding hydrogens is 320 g/mol. The molecule has 0 amide bonds. The second-order valence-corrected chi connectivity index (χ2v) is 8.10. The van der Waals surface area contributed by atoms with E-state index in [4.69, 9.17) is 5.26 Å². The Labute approximate surface area is 158 Å². The van der Waals surface area contributed by atoms with Gasteiger partial charge in [-0.2, -0.15) is 5.26 Å². The van der Waals surface area contributed by atoms with E-state index in [2.05, 4.69) is 52.5 Å². The molecule has 26 heavy (non-hydrogen) atoms. The Morgan fingerprint density at radius 2 is 2.12 bits per heavy atom. The van der Waals surface area contributed by atoms with Gasteiger partial charge in [-0.3, -0.25) is 0 Å². The molecule has 1 fully saturated rings. The number of nitriles is 1. The summed E-state index contributed by atoms with van der Waals surface area (Å²) in [5, 5.41) is 12.6. The molecule has 1 unspecified atom stereocenters. The fraction of sp³-hybridized carbons (Fsp3) is 0.636. The average molecular weight is 353 g/mol. The first-order valence-electron chi connectivity index (χ1n) is 10.1. The lowest BCUT2D eigenvalue weighted by Crippen LogP contribution is -2.41. The van der Waals surface area contributed by atoms with Gasteiger partial charge in [-0.15, -0.1) is 0 Å². The van der Waals surface area contributed by atoms with E-state index in [0.717, 1.165) is 31.7 Å². The van der Waals surface area contributed by atoms with Gasteiger partial charge in [0.25, 0.3) is 0 Å². The number of nitrogens with one attached hydrogen (secondary N) is 1. The lowest BCUT2D eigenvalue weighted by atomic mass is 9.71. The molecule has 1 aliphatic carbocycles. The smallest absolute Gasteiger partial charge is 0.126 e. The summed E-state index contributed by atoms with van der Waals surface area (Å²) in [6.45, 7) is 5.57. The minimum Gasteiger partial charge on any atom is -0.367 e. The molecule has 4 nitrogen and oxygen atoms in total. The van der Waals surface area contributed by atoms with Gasteiger partial charge in [-0.25, -0.2) is 4.98 Å². The van der Waals surface area contributed by atoms with Gasteiger partial charge in [0.05, 0.1) is 6.07 Å². The number of rotatable bonds is 7. The van der Waals surface area contributed by atoms with Crippen LogP contribution in [0.5, 0.6) is 0 Å². The summed E-state index contributed by atoms with van der Waals surface area (Å²) < 4.78 is 0. The summed E-state index contributed by atoms with van der Waals surface area (Å²) in [5.74, 6) is 0.999. The predicted molar refractivity (Wildman–Crippen MR) is 107 cm³/mol. The van der Waals surface area contributed by atoms with Gasteiger partial charge in [0, 0.05) is 31.7 Å². The molecule has 140 valence electrons. The van der Waals surface area contributed by atoms with E-state index < -0.39 is 0 Å². The van der Waals surface area contributed by atoms with Crippen LogP contribution >= 0.6 is 0 Å². The Morgan fingerprint density at radius 1 is 1.27 bits per heavy atom. The highest BCUT2D eigenvalue weighted by atomic mass is 15.1. The molecule has 1 aliphatic heterocycles. The van der Waals surface area contributed by atoms with Crippen LogP contribution in [-0.4, -0.2) is 35.6 Å². The topological polar surface area (TPSA) is 52.0 Å². The van der Waals surface area contributed by atoms with Crippen LogP contribution in [-0.2, 0) is 0 Å². The lowest BCUT2D eigenvalue weighted by molar-refractivity contribution is 0.149. The molecule has 0 radical (unpaired) electrons. The van der Waals surface area contributed by atoms with Gasteiger partial charge in [0.15, 0.2) is 0 Å². The van der Waals surface area contributed by atoms with E-state index in [0.29, 0.717) is 17.9 Å². The van der Waals surface area contributed by atoms with Crippen LogP contribution in [0.1, 0.15) is 56.9 Å². The maximum atomic E-state index is 9.00. The zero-order chi connectivity index (χ0) is 18.2. The van der Waals surface area contributed by atoms with E-state index in [1.54, 1.807) is 0 Å². The second kappa shape index (κ2) is 9.19. The van der Waals surface area contributed by atoms with Crippen molar-refractivity contribution in [1.29, 1.82) is 5.26 Å². The normalized spacial score (nSPS) is 24.3. The van der Waals surface area contributed by atoms with Crippen molar-refractivity contribution in [2.75, 3.05) is 25.0 Å². The van der Waals surface area contributed by atoms with Crippen molar-refractivity contribution in [2.24, 2.45) is 5.41 Å². The monoisotopic (exact) mass is 352 g/mol. The highest BCUT2D eigenvalue weighted by Gasteiger charge is 2.30. The Kier molecular flexibility index (Phi) is 6.68. The Hall–Kier alpha value is -1.86. The van der Waals surface area contributed by atoms with Crippen LogP contribution in [0, 0.1) is 23.7 Å². The molecule has 4 heteroatoms. The van der Waals surface area contributed by atoms with Crippen molar-refractivity contribution in [3.8, 4) is 6.07 Å². The van der Waals surface area contributed by atoms with Crippen LogP contribution in [0.25, 0.3) is 0 Å². The number of anilines is 1. The minimum atomic E-state index is 0.366. The Morgan fingerprint density at radius 3 is 2.77 bits per heavy atom. The van der Waals surface area contributed by atoms with Gasteiger partial charge in [-0.1, -0.05) is 18.2 Å². The van der Waals surface area contributed by atoms with Gasteiger partial charge >= 0.3 is 0 Å². The van der Waals surface area contributed by atoms with Crippen molar-refractivity contribution in [3.63, 3.8) is 0 Å². The Bertz CT molecular complexity index is 623. The highest BCUT2D eigenvalue weighted by Crippen LogP contribution is 2.40. The maximum absolute atomic E-state index is 9.00. The zero-order valence-electron chi connectivity index (χ0n) is 16.1. The first kappa shape index (κ1) is 18.9. The van der Waals surface area contributed by atoms with Gasteiger partial charge < -0.3 is 10.2 Å². The van der Waals surface area contributed by atoms with E-state index in [-0.39, 0.29) is 0 Å². The third-order valence-corrected chi connectivity index (χ3v) is 6.14. The standard InChI is InChI=1S/C22H32N4/c1-19-6-7-21(24-18-19)25-20-8-15-26(16-9-20)17-13-22(12-5-14-23)10-3-2-4-11-22/h2-3,6-7,18,20H,4-5,8-13,15-17H2,1H3,(H,24,25). The molecule has 0 saturated carbocycles. The van der Waals surface area contributed by atoms with Crippen LogP contribution in [0.15, 0.2) is 30.5 Å². The van der Waals surface area contributed by atoms with Crippen LogP contribution < -0.4 is 5.32 Å². The van der Waals surface area contributed by atoms with Crippen molar-refractivity contribution >= 4 is 5.82 Å². The van der Waals surface area contributed by atoms with Crippen molar-refractivity contribution in [2.45, 2.75) is 64.3 Å². The second-order valence-electron chi connectivity index (χ2n) is 8.10. The van der Waals surface area contributed by atoms with E-state index in [1.165, 1.54) is 44.2 Å². The first-order valence-corrected chi connectivity index (χ1v) is 10.1. The summed E-state index contributed by atoms with van der Waals surface area (Å²) in [7, 11) is 0. The molecule has 3 rings (SSSR count). The molecule has 1 saturated heterocycles. The number of piperidine rings is 1. The van der Waals surface area contributed by atoms with Crippen molar-refractivity contribution in [1.82, 2.24) is 9.88 Å². The first-order chi connectivity index (χ1) is 12.7. The third kappa shape index (κ3) is 5.32. The molecule has 1 N–H and O–H groups in total.